The van der Waals surface area contributed by atoms with Gasteiger partial charge in [0, 0.05) is 18.5 Å². The standard InChI is InChI=1S/C7H7N2O/c8-7(10)4-6-2-1-3-9-5-6/h2-3,5H,4H2,(H2,8,10). The first-order valence-electron chi connectivity index (χ1n) is 2.87. The van der Waals surface area contributed by atoms with Gasteiger partial charge in [0.05, 0.1) is 6.42 Å². The fourth-order valence-electron chi connectivity index (χ4n) is 0.655. The molecule has 0 aromatic carbocycles. The van der Waals surface area contributed by atoms with E-state index in [1.165, 1.54) is 6.20 Å². The SMILES string of the molecule is NC(=O)Cc1c[c]cnc1. The summed E-state index contributed by atoms with van der Waals surface area (Å²) in [4.78, 5) is 14.1. The summed E-state index contributed by atoms with van der Waals surface area (Å²) in [5.41, 5.74) is 5.74. The minimum Gasteiger partial charge on any atom is -0.369 e. The van der Waals surface area contributed by atoms with Gasteiger partial charge >= 0.3 is 0 Å². The average molecular weight is 135 g/mol. The van der Waals surface area contributed by atoms with Crippen LogP contribution >= 0.6 is 0 Å². The van der Waals surface area contributed by atoms with Crippen molar-refractivity contribution in [2.24, 2.45) is 5.73 Å². The van der Waals surface area contributed by atoms with Crippen LogP contribution in [0.5, 0.6) is 0 Å². The van der Waals surface area contributed by atoms with Gasteiger partial charge in [-0.3, -0.25) is 9.78 Å². The molecule has 0 saturated carbocycles. The van der Waals surface area contributed by atoms with Crippen molar-refractivity contribution in [3.63, 3.8) is 0 Å². The Balaban J connectivity index is 2.67. The monoisotopic (exact) mass is 135 g/mol. The Kier molecular flexibility index (Phi) is 1.99. The normalized spacial score (nSPS) is 9.20. The number of aromatic nitrogens is 1. The Morgan fingerprint density at radius 2 is 2.60 bits per heavy atom. The maximum atomic E-state index is 10.3. The third-order valence-electron chi connectivity index (χ3n) is 1.04. The molecule has 1 radical (unpaired) electrons. The van der Waals surface area contributed by atoms with Crippen molar-refractivity contribution < 1.29 is 4.79 Å². The van der Waals surface area contributed by atoms with E-state index >= 15 is 0 Å². The van der Waals surface area contributed by atoms with Crippen LogP contribution in [-0.4, -0.2) is 10.9 Å². The second-order valence-corrected chi connectivity index (χ2v) is 1.94. The molecule has 1 aromatic rings. The highest BCUT2D eigenvalue weighted by Gasteiger charge is 1.95. The zero-order valence-corrected chi connectivity index (χ0v) is 5.37. The third-order valence-corrected chi connectivity index (χ3v) is 1.04. The second kappa shape index (κ2) is 2.96. The molecule has 0 fully saturated rings. The van der Waals surface area contributed by atoms with Gasteiger partial charge in [-0.2, -0.15) is 0 Å². The van der Waals surface area contributed by atoms with Crippen molar-refractivity contribution >= 4 is 5.91 Å². The van der Waals surface area contributed by atoms with E-state index in [0.29, 0.717) is 0 Å². The van der Waals surface area contributed by atoms with Crippen molar-refractivity contribution in [2.45, 2.75) is 6.42 Å². The number of pyridine rings is 1. The molecule has 0 aliphatic heterocycles. The predicted octanol–water partition coefficient (Wildman–Crippen LogP) is -0.0904. The highest BCUT2D eigenvalue weighted by molar-refractivity contribution is 5.76. The van der Waals surface area contributed by atoms with Gasteiger partial charge in [-0.05, 0) is 11.6 Å². The maximum Gasteiger partial charge on any atom is 0.221 e. The molecule has 0 atom stereocenters. The van der Waals surface area contributed by atoms with Crippen LogP contribution in [0.15, 0.2) is 18.5 Å². The summed E-state index contributed by atoms with van der Waals surface area (Å²) in [6.07, 6.45) is 3.37. The van der Waals surface area contributed by atoms with Gasteiger partial charge in [-0.1, -0.05) is 0 Å². The predicted molar refractivity (Wildman–Crippen MR) is 36.0 cm³/mol. The van der Waals surface area contributed by atoms with E-state index < -0.39 is 0 Å². The van der Waals surface area contributed by atoms with E-state index in [4.69, 9.17) is 5.73 Å². The smallest absolute Gasteiger partial charge is 0.221 e. The number of amides is 1. The van der Waals surface area contributed by atoms with E-state index in [2.05, 4.69) is 11.1 Å². The van der Waals surface area contributed by atoms with E-state index in [9.17, 15) is 4.79 Å². The fraction of sp³-hybridized carbons (Fsp3) is 0.143. The van der Waals surface area contributed by atoms with Crippen LogP contribution in [0.1, 0.15) is 5.56 Å². The molecule has 0 aliphatic rings. The molecule has 10 heavy (non-hydrogen) atoms. The van der Waals surface area contributed by atoms with Crippen LogP contribution in [0.4, 0.5) is 0 Å². The second-order valence-electron chi connectivity index (χ2n) is 1.94. The van der Waals surface area contributed by atoms with Gasteiger partial charge in [0.15, 0.2) is 0 Å². The first kappa shape index (κ1) is 6.74. The van der Waals surface area contributed by atoms with Crippen LogP contribution in [0, 0.1) is 6.07 Å². The highest BCUT2D eigenvalue weighted by Crippen LogP contribution is 1.94. The zero-order valence-electron chi connectivity index (χ0n) is 5.37. The number of primary amides is 1. The Morgan fingerprint density at radius 1 is 1.80 bits per heavy atom. The third kappa shape index (κ3) is 1.85. The lowest BCUT2D eigenvalue weighted by Gasteiger charge is -1.92. The molecule has 3 nitrogen and oxygen atoms in total. The molecule has 0 spiro atoms. The van der Waals surface area contributed by atoms with Crippen LogP contribution in [0.3, 0.4) is 0 Å². The van der Waals surface area contributed by atoms with Crippen molar-refractivity contribution in [1.29, 1.82) is 0 Å². The van der Waals surface area contributed by atoms with Crippen molar-refractivity contribution in [3.8, 4) is 0 Å². The Labute approximate surface area is 58.9 Å². The van der Waals surface area contributed by atoms with Gasteiger partial charge in [0.1, 0.15) is 0 Å². The molecule has 1 aromatic heterocycles. The van der Waals surface area contributed by atoms with E-state index in [1.54, 1.807) is 12.3 Å². The quantitative estimate of drug-likeness (QED) is 0.616. The van der Waals surface area contributed by atoms with Crippen molar-refractivity contribution in [3.05, 3.63) is 30.1 Å². The molecule has 3 heteroatoms. The Hall–Kier alpha value is -1.38. The topological polar surface area (TPSA) is 56.0 Å². The van der Waals surface area contributed by atoms with Crippen LogP contribution < -0.4 is 5.73 Å². The lowest BCUT2D eigenvalue weighted by molar-refractivity contribution is -0.117. The molecule has 0 aliphatic carbocycles. The first-order valence-corrected chi connectivity index (χ1v) is 2.87. The molecule has 1 heterocycles. The van der Waals surface area contributed by atoms with Gasteiger partial charge in [-0.15, -0.1) is 0 Å². The Morgan fingerprint density at radius 3 is 3.10 bits per heavy atom. The summed E-state index contributed by atoms with van der Waals surface area (Å²) in [7, 11) is 0. The van der Waals surface area contributed by atoms with Crippen LogP contribution in [0.25, 0.3) is 0 Å². The number of nitrogens with two attached hydrogens (primary N) is 1. The summed E-state index contributed by atoms with van der Waals surface area (Å²) in [6.45, 7) is 0. The summed E-state index contributed by atoms with van der Waals surface area (Å²) >= 11 is 0. The summed E-state index contributed by atoms with van der Waals surface area (Å²) in [5, 5.41) is 0. The molecule has 1 rings (SSSR count). The number of carbonyl (C=O) groups is 1. The molecule has 0 bridgehead atoms. The number of nitrogens with zero attached hydrogens (tertiary/aromatic N) is 1. The van der Waals surface area contributed by atoms with Crippen molar-refractivity contribution in [2.75, 3.05) is 0 Å². The van der Waals surface area contributed by atoms with Crippen LogP contribution in [0.2, 0.25) is 0 Å². The molecule has 0 saturated heterocycles. The lowest BCUT2D eigenvalue weighted by Crippen LogP contribution is -2.13. The highest BCUT2D eigenvalue weighted by atomic mass is 16.1. The van der Waals surface area contributed by atoms with Gasteiger partial charge < -0.3 is 5.73 Å². The van der Waals surface area contributed by atoms with Gasteiger partial charge in [-0.25, -0.2) is 0 Å². The van der Waals surface area contributed by atoms with Gasteiger partial charge in [0.2, 0.25) is 5.91 Å². The number of hydrogen-bond acceptors (Lipinski definition) is 2. The molecule has 51 valence electrons. The minimum atomic E-state index is -0.346. The average Bonchev–Trinajstić information content (AvgIpc) is 1.88. The Bertz CT molecular complexity index is 220. The first-order chi connectivity index (χ1) is 4.79. The fourth-order valence-corrected chi connectivity index (χ4v) is 0.655. The summed E-state index contributed by atoms with van der Waals surface area (Å²) < 4.78 is 0. The molecular formula is C7H7N2O. The largest absolute Gasteiger partial charge is 0.369 e. The summed E-state index contributed by atoms with van der Waals surface area (Å²) in [6, 6.07) is 4.44. The molecule has 0 unspecified atom stereocenters. The zero-order chi connectivity index (χ0) is 7.40. The van der Waals surface area contributed by atoms with E-state index in [1.807, 2.05) is 0 Å². The van der Waals surface area contributed by atoms with Gasteiger partial charge in [0.25, 0.3) is 0 Å². The van der Waals surface area contributed by atoms with Crippen molar-refractivity contribution in [1.82, 2.24) is 4.98 Å². The minimum absolute atomic E-state index is 0.240. The number of hydrogen-bond donors (Lipinski definition) is 1. The number of carbonyl (C=O) groups excluding carboxylic acids is 1. The molecule has 2 N–H and O–H groups in total. The maximum absolute atomic E-state index is 10.3. The molecular weight excluding hydrogens is 128 g/mol. The molecule has 1 amide bonds. The van der Waals surface area contributed by atoms with E-state index in [0.717, 1.165) is 5.56 Å². The van der Waals surface area contributed by atoms with E-state index in [-0.39, 0.29) is 12.3 Å². The lowest BCUT2D eigenvalue weighted by atomic mass is 10.2. The van der Waals surface area contributed by atoms with Crippen LogP contribution in [-0.2, 0) is 11.2 Å². The number of rotatable bonds is 2. The summed E-state index contributed by atoms with van der Waals surface area (Å²) in [5.74, 6) is -0.346.